The van der Waals surface area contributed by atoms with Crippen molar-refractivity contribution in [3.8, 4) is 17.1 Å². The lowest BCUT2D eigenvalue weighted by atomic mass is 9.97. The average molecular weight is 750 g/mol. The van der Waals surface area contributed by atoms with Crippen molar-refractivity contribution in [2.24, 2.45) is 0 Å². The van der Waals surface area contributed by atoms with Gasteiger partial charge >= 0.3 is 54.4 Å². The Morgan fingerprint density at radius 2 is 1.06 bits per heavy atom. The minimum Gasteiger partial charge on any atom is -0.454 e. The first-order valence-electron chi connectivity index (χ1n) is 13.7. The normalized spacial score (nSPS) is 15.0. The molecule has 0 aliphatic carbocycles. The number of ether oxygens (including phenoxy) is 2. The van der Waals surface area contributed by atoms with Crippen molar-refractivity contribution in [3.63, 3.8) is 0 Å². The van der Waals surface area contributed by atoms with Gasteiger partial charge in [0.1, 0.15) is 5.75 Å². The number of hydrogen-bond donors (Lipinski definition) is 0. The van der Waals surface area contributed by atoms with Gasteiger partial charge in [0.25, 0.3) is 0 Å². The number of alkyl halides is 18. The molecule has 0 bridgehead atoms. The number of benzene rings is 1. The zero-order valence-corrected chi connectivity index (χ0v) is 24.5. The first-order valence-corrected chi connectivity index (χ1v) is 13.7. The number of halogens is 18. The zero-order chi connectivity index (χ0) is 37.9. The maximum atomic E-state index is 14.1. The van der Waals surface area contributed by atoms with Crippen molar-refractivity contribution in [1.82, 2.24) is 9.97 Å². The molecule has 1 unspecified atom stereocenters. The van der Waals surface area contributed by atoms with E-state index in [4.69, 9.17) is 0 Å². The van der Waals surface area contributed by atoms with E-state index in [1.165, 1.54) is 12.4 Å². The summed E-state index contributed by atoms with van der Waals surface area (Å²) in [4.78, 5) is 8.12. The van der Waals surface area contributed by atoms with E-state index in [1.54, 1.807) is 4.74 Å². The summed E-state index contributed by atoms with van der Waals surface area (Å²) in [6.45, 7) is 2.07. The first kappa shape index (κ1) is 42.0. The number of hydrogen-bond acceptors (Lipinski definition) is 4. The number of rotatable bonds is 18. The second kappa shape index (κ2) is 14.6. The summed E-state index contributed by atoms with van der Waals surface area (Å²) in [5.74, 6) is -41.8. The molecule has 1 heterocycles. The molecule has 22 heteroatoms. The van der Waals surface area contributed by atoms with Gasteiger partial charge in [-0.3, -0.25) is 0 Å². The third-order valence-electron chi connectivity index (χ3n) is 6.71. The first-order chi connectivity index (χ1) is 22.1. The van der Waals surface area contributed by atoms with Crippen LogP contribution in [-0.4, -0.2) is 64.3 Å². The van der Waals surface area contributed by atoms with Gasteiger partial charge in [-0.1, -0.05) is 39.0 Å². The molecular weight excluding hydrogens is 726 g/mol. The maximum Gasteiger partial charge on any atom is 0.460 e. The summed E-state index contributed by atoms with van der Waals surface area (Å²) < 4.78 is 246. The highest BCUT2D eigenvalue weighted by Crippen LogP contribution is 2.61. The van der Waals surface area contributed by atoms with Crippen molar-refractivity contribution < 1.29 is 88.5 Å². The molecule has 4 nitrogen and oxygen atoms in total. The van der Waals surface area contributed by atoms with E-state index in [2.05, 4.69) is 21.6 Å². The van der Waals surface area contributed by atoms with E-state index in [0.29, 0.717) is 18.6 Å². The largest absolute Gasteiger partial charge is 0.460 e. The van der Waals surface area contributed by atoms with E-state index < -0.39 is 60.1 Å². The Kier molecular flexibility index (Phi) is 12.5. The van der Waals surface area contributed by atoms with Crippen LogP contribution in [0.15, 0.2) is 36.7 Å². The fraction of sp³-hybridized carbons (Fsp3) is 0.630. The summed E-state index contributed by atoms with van der Waals surface area (Å²) in [6, 6.07) is 3.12. The SMILES string of the molecule is CCCCCCCCc1cnc(-c2ccc(OC(F)C(F)(F)C(F)(F)OC(F)(F)C(F)(F)C(F)(F)C(F)(F)C(F)(F)C(F)(F)F)cc2)nc1. The second-order valence-corrected chi connectivity index (χ2v) is 10.4. The van der Waals surface area contributed by atoms with Crippen molar-refractivity contribution in [1.29, 1.82) is 0 Å². The third kappa shape index (κ3) is 8.41. The molecular formula is C27H24F18N2O2. The molecule has 0 radical (unpaired) electrons. The van der Waals surface area contributed by atoms with Crippen LogP contribution < -0.4 is 4.74 Å². The molecule has 0 aliphatic rings. The molecule has 0 fully saturated rings. The van der Waals surface area contributed by atoms with Crippen LogP contribution in [0.2, 0.25) is 0 Å². The number of nitrogens with zero attached hydrogens (tertiary/aromatic N) is 2. The lowest BCUT2D eigenvalue weighted by Gasteiger charge is -2.40. The minimum absolute atomic E-state index is 0.0128. The van der Waals surface area contributed by atoms with E-state index in [1.807, 2.05) is 0 Å². The average Bonchev–Trinajstić information content (AvgIpc) is 2.98. The topological polar surface area (TPSA) is 44.2 Å². The molecule has 0 saturated carbocycles. The maximum absolute atomic E-state index is 14.1. The molecule has 0 spiro atoms. The van der Waals surface area contributed by atoms with E-state index >= 15 is 0 Å². The number of aromatic nitrogens is 2. The molecule has 0 N–H and O–H groups in total. The summed E-state index contributed by atoms with van der Waals surface area (Å²) in [7, 11) is 0. The summed E-state index contributed by atoms with van der Waals surface area (Å²) in [5, 5.41) is 0. The standard InChI is InChI=1S/C27H24F18N2O2/c1-2-3-4-5-6-7-8-15-13-46-18(47-14-15)16-9-11-17(12-10-16)48-19(28)20(29,30)26(42,43)49-27(44,45)24(37,38)22(33,34)21(31,32)23(35,36)25(39,40)41/h9-14,19H,2-8H2,1H3. The zero-order valence-electron chi connectivity index (χ0n) is 24.5. The fourth-order valence-corrected chi connectivity index (χ4v) is 3.80. The van der Waals surface area contributed by atoms with Crippen LogP contribution in [-0.2, 0) is 11.2 Å². The van der Waals surface area contributed by atoms with Gasteiger partial charge in [0.05, 0.1) is 0 Å². The molecule has 0 aliphatic heterocycles. The van der Waals surface area contributed by atoms with Crippen molar-refractivity contribution in [2.45, 2.75) is 106 Å². The van der Waals surface area contributed by atoms with Crippen LogP contribution in [0, 0.1) is 0 Å². The molecule has 0 amide bonds. The van der Waals surface area contributed by atoms with Gasteiger partial charge in [0.15, 0.2) is 5.82 Å². The molecule has 1 aromatic carbocycles. The van der Waals surface area contributed by atoms with Crippen molar-refractivity contribution in [2.75, 3.05) is 0 Å². The van der Waals surface area contributed by atoms with Gasteiger partial charge in [0, 0.05) is 18.0 Å². The molecule has 1 atom stereocenters. The highest BCUT2D eigenvalue weighted by Gasteiger charge is 2.92. The fourth-order valence-electron chi connectivity index (χ4n) is 3.80. The Hall–Kier alpha value is -3.20. The molecule has 1 aromatic heterocycles. The summed E-state index contributed by atoms with van der Waals surface area (Å²) >= 11 is 0. The Morgan fingerprint density at radius 1 is 0.592 bits per heavy atom. The number of aryl methyl sites for hydroxylation is 1. The number of unbranched alkanes of at least 4 members (excludes halogenated alkanes) is 5. The van der Waals surface area contributed by atoms with Gasteiger partial charge in [-0.15, -0.1) is 0 Å². The van der Waals surface area contributed by atoms with Crippen LogP contribution in [0.4, 0.5) is 79.0 Å². The quantitative estimate of drug-likeness (QED) is 0.112. The smallest absolute Gasteiger partial charge is 0.454 e. The predicted molar refractivity (Wildman–Crippen MR) is 132 cm³/mol. The van der Waals surface area contributed by atoms with Crippen LogP contribution >= 0.6 is 0 Å². The van der Waals surface area contributed by atoms with E-state index in [9.17, 15) is 79.0 Å². The van der Waals surface area contributed by atoms with Gasteiger partial charge in [-0.25, -0.2) is 14.7 Å². The van der Waals surface area contributed by atoms with Crippen molar-refractivity contribution in [3.05, 3.63) is 42.2 Å². The molecule has 49 heavy (non-hydrogen) atoms. The lowest BCUT2D eigenvalue weighted by molar-refractivity contribution is -0.513. The second-order valence-electron chi connectivity index (χ2n) is 10.4. The molecule has 280 valence electrons. The Balaban J connectivity index is 2.17. The molecule has 2 aromatic rings. The van der Waals surface area contributed by atoms with Crippen LogP contribution in [0.3, 0.4) is 0 Å². The highest BCUT2D eigenvalue weighted by atomic mass is 19.4. The molecule has 2 rings (SSSR count). The predicted octanol–water partition coefficient (Wildman–Crippen LogP) is 10.7. The van der Waals surface area contributed by atoms with E-state index in [0.717, 1.165) is 56.2 Å². The monoisotopic (exact) mass is 750 g/mol. The van der Waals surface area contributed by atoms with Crippen LogP contribution in [0.25, 0.3) is 11.4 Å². The highest BCUT2D eigenvalue weighted by molar-refractivity contribution is 5.55. The molecule has 0 saturated heterocycles. The van der Waals surface area contributed by atoms with Gasteiger partial charge in [0.2, 0.25) is 0 Å². The van der Waals surface area contributed by atoms with Gasteiger partial charge in [-0.05, 0) is 42.7 Å². The summed E-state index contributed by atoms with van der Waals surface area (Å²) in [6.07, 6.45) is -18.5. The van der Waals surface area contributed by atoms with Crippen molar-refractivity contribution >= 4 is 0 Å². The van der Waals surface area contributed by atoms with Gasteiger partial charge in [-0.2, -0.15) is 79.0 Å². The summed E-state index contributed by atoms with van der Waals surface area (Å²) in [5.41, 5.74) is 0.856. The minimum atomic E-state index is -8.63. The van der Waals surface area contributed by atoms with Crippen LogP contribution in [0.5, 0.6) is 5.75 Å². The van der Waals surface area contributed by atoms with E-state index in [-0.39, 0.29) is 11.4 Å². The Bertz CT molecular complexity index is 1350. The lowest BCUT2D eigenvalue weighted by Crippen LogP contribution is -2.71. The van der Waals surface area contributed by atoms with Crippen LogP contribution in [0.1, 0.15) is 51.0 Å². The third-order valence-corrected chi connectivity index (χ3v) is 6.71. The Labute approximate surface area is 264 Å². The van der Waals surface area contributed by atoms with Gasteiger partial charge < -0.3 is 4.74 Å². The Morgan fingerprint density at radius 3 is 1.55 bits per heavy atom.